The maximum absolute atomic E-state index is 12.8. The molecule has 0 aliphatic carbocycles. The van der Waals surface area contributed by atoms with E-state index >= 15 is 0 Å². The average Bonchev–Trinajstić information content (AvgIpc) is 3.72. The molecular formula is C36H40ClN7O3S. The highest BCUT2D eigenvalue weighted by molar-refractivity contribution is 7.98. The number of anilines is 1. The molecule has 3 N–H and O–H groups in total. The highest BCUT2D eigenvalue weighted by Crippen LogP contribution is 2.43. The SMILES string of the molecule is Cn1nc2cc1CSc1cc3c(c(c1)OCCCc1c(C(=O)O)n(C)c4c(c(Cl)ccc14)-c1c(nn4c1CCCC4)CNC2)NCCC3. The molecule has 3 aliphatic heterocycles. The Balaban J connectivity index is 1.25. The summed E-state index contributed by atoms with van der Waals surface area (Å²) in [6.07, 6.45) is 6.39. The lowest BCUT2D eigenvalue weighted by Gasteiger charge is -2.22. The number of halogens is 1. The predicted molar refractivity (Wildman–Crippen MR) is 189 cm³/mol. The maximum Gasteiger partial charge on any atom is 0.352 e. The van der Waals surface area contributed by atoms with Crippen LogP contribution in [0.2, 0.25) is 5.02 Å². The van der Waals surface area contributed by atoms with Crippen LogP contribution >= 0.6 is 23.4 Å². The zero-order valence-electron chi connectivity index (χ0n) is 27.4. The van der Waals surface area contributed by atoms with Gasteiger partial charge in [0.2, 0.25) is 0 Å². The first-order valence-electron chi connectivity index (χ1n) is 16.9. The number of hydrogen-bond donors (Lipinski definition) is 3. The first-order valence-corrected chi connectivity index (χ1v) is 18.2. The summed E-state index contributed by atoms with van der Waals surface area (Å²) in [6.45, 7) is 3.38. The van der Waals surface area contributed by atoms with E-state index in [0.717, 1.165) is 113 Å². The van der Waals surface area contributed by atoms with Crippen LogP contribution < -0.4 is 15.4 Å². The van der Waals surface area contributed by atoms with Gasteiger partial charge in [0, 0.05) is 78.8 Å². The molecule has 0 saturated heterocycles. The molecule has 8 rings (SSSR count). The number of ether oxygens (including phenoxy) is 1. The number of fused-ring (bicyclic) bond motifs is 10. The van der Waals surface area contributed by atoms with Gasteiger partial charge in [0.15, 0.2) is 0 Å². The van der Waals surface area contributed by atoms with Crippen LogP contribution in [0.4, 0.5) is 5.69 Å². The van der Waals surface area contributed by atoms with Gasteiger partial charge in [-0.3, -0.25) is 9.36 Å². The molecule has 0 amide bonds. The fraction of sp³-hybridized carbons (Fsp3) is 0.417. The highest BCUT2D eigenvalue weighted by atomic mass is 35.5. The van der Waals surface area contributed by atoms with Crippen molar-refractivity contribution in [2.45, 2.75) is 75.2 Å². The number of nitrogens with one attached hydrogen (secondary N) is 2. The minimum Gasteiger partial charge on any atom is -0.491 e. The van der Waals surface area contributed by atoms with Crippen LogP contribution in [0, 0.1) is 0 Å². The van der Waals surface area contributed by atoms with Crippen molar-refractivity contribution >= 4 is 45.9 Å². The number of nitrogens with zero attached hydrogens (tertiary/aromatic N) is 5. The molecule has 3 aliphatic rings. The Kier molecular flexibility index (Phi) is 8.38. The molecule has 3 aromatic heterocycles. The van der Waals surface area contributed by atoms with Crippen molar-refractivity contribution in [1.29, 1.82) is 0 Å². The standard InChI is InChI=1S/C36H40ClN7O3S/c1-42-34-26-10-11-27(37)31(34)32-28(41-44-13-4-3-9-29(32)44)19-38-18-22-16-23(43(2)40-22)20-48-24-15-21-7-5-12-39-33(21)30(17-24)47-14-6-8-25(26)35(42)36(45)46/h10-11,15-17,38-39H,3-9,12-14,18-20H2,1-2H3,(H,45,46). The second-order valence-electron chi connectivity index (χ2n) is 13.0. The van der Waals surface area contributed by atoms with Crippen molar-refractivity contribution in [2.24, 2.45) is 14.1 Å². The molecule has 0 spiro atoms. The van der Waals surface area contributed by atoms with Gasteiger partial charge < -0.3 is 25.0 Å². The number of benzene rings is 2. The van der Waals surface area contributed by atoms with Crippen LogP contribution in [-0.2, 0) is 58.7 Å². The Morgan fingerprint density at radius 3 is 2.79 bits per heavy atom. The number of rotatable bonds is 1. The van der Waals surface area contributed by atoms with E-state index in [0.29, 0.717) is 43.3 Å². The lowest BCUT2D eigenvalue weighted by Crippen LogP contribution is -2.15. The van der Waals surface area contributed by atoms with Gasteiger partial charge in [-0.25, -0.2) is 4.79 Å². The number of aromatic carboxylic acids is 1. The van der Waals surface area contributed by atoms with Gasteiger partial charge in [-0.05, 0) is 80.3 Å². The molecule has 0 fully saturated rings. The van der Waals surface area contributed by atoms with Crippen molar-refractivity contribution in [3.05, 3.63) is 75.0 Å². The molecule has 0 atom stereocenters. The third kappa shape index (κ3) is 5.55. The number of carboxylic acid groups (broad SMARTS) is 1. The molecule has 250 valence electrons. The predicted octanol–water partition coefficient (Wildman–Crippen LogP) is 6.73. The van der Waals surface area contributed by atoms with E-state index in [4.69, 9.17) is 26.5 Å². The first kappa shape index (κ1) is 31.3. The lowest BCUT2D eigenvalue weighted by molar-refractivity contribution is 0.0685. The van der Waals surface area contributed by atoms with E-state index in [1.165, 1.54) is 10.5 Å². The number of carbonyl (C=O) groups is 1. The topological polar surface area (TPSA) is 111 Å². The molecule has 48 heavy (non-hydrogen) atoms. The molecule has 0 unspecified atom stereocenters. The summed E-state index contributed by atoms with van der Waals surface area (Å²) in [5, 5.41) is 29.1. The minimum atomic E-state index is -0.946. The molecule has 8 bridgehead atoms. The van der Waals surface area contributed by atoms with Gasteiger partial charge in [-0.15, -0.1) is 11.8 Å². The van der Waals surface area contributed by atoms with E-state index in [-0.39, 0.29) is 0 Å². The van der Waals surface area contributed by atoms with Crippen molar-refractivity contribution < 1.29 is 14.6 Å². The Morgan fingerprint density at radius 1 is 1.02 bits per heavy atom. The van der Waals surface area contributed by atoms with Gasteiger partial charge >= 0.3 is 5.97 Å². The summed E-state index contributed by atoms with van der Waals surface area (Å²) >= 11 is 8.88. The van der Waals surface area contributed by atoms with E-state index in [9.17, 15) is 9.90 Å². The average molecular weight is 686 g/mol. The Morgan fingerprint density at radius 2 is 1.92 bits per heavy atom. The Hall–Kier alpha value is -3.93. The van der Waals surface area contributed by atoms with Crippen LogP contribution in [-0.4, -0.2) is 48.4 Å². The van der Waals surface area contributed by atoms with Crippen LogP contribution in [0.5, 0.6) is 5.75 Å². The third-order valence-electron chi connectivity index (χ3n) is 9.95. The van der Waals surface area contributed by atoms with Crippen LogP contribution in [0.3, 0.4) is 0 Å². The Bertz CT molecular complexity index is 2060. The van der Waals surface area contributed by atoms with Crippen molar-refractivity contribution in [2.75, 3.05) is 18.5 Å². The summed E-state index contributed by atoms with van der Waals surface area (Å²) < 4.78 is 12.4. The zero-order chi connectivity index (χ0) is 32.9. The first-order chi connectivity index (χ1) is 23.4. The van der Waals surface area contributed by atoms with E-state index in [1.807, 2.05) is 35.5 Å². The summed E-state index contributed by atoms with van der Waals surface area (Å²) in [5.74, 6) is 0.709. The molecule has 10 nitrogen and oxygen atoms in total. The lowest BCUT2D eigenvalue weighted by atomic mass is 9.95. The molecule has 6 heterocycles. The van der Waals surface area contributed by atoms with Crippen LogP contribution in [0.1, 0.15) is 70.1 Å². The molecule has 0 radical (unpaired) electrons. The molecule has 5 aromatic rings. The monoisotopic (exact) mass is 685 g/mol. The fourth-order valence-electron chi connectivity index (χ4n) is 7.74. The molecule has 2 aromatic carbocycles. The van der Waals surface area contributed by atoms with E-state index in [1.54, 1.807) is 11.8 Å². The number of thioether (sulfide) groups is 1. The van der Waals surface area contributed by atoms with Crippen molar-refractivity contribution in [1.82, 2.24) is 29.4 Å². The summed E-state index contributed by atoms with van der Waals surface area (Å²) in [4.78, 5) is 14.0. The third-order valence-corrected chi connectivity index (χ3v) is 11.3. The fourth-order valence-corrected chi connectivity index (χ4v) is 8.99. The van der Waals surface area contributed by atoms with Gasteiger partial charge in [-0.2, -0.15) is 10.2 Å². The number of aromatic nitrogens is 5. The second kappa shape index (κ2) is 12.8. The van der Waals surface area contributed by atoms with E-state index < -0.39 is 5.97 Å². The zero-order valence-corrected chi connectivity index (χ0v) is 28.9. The minimum absolute atomic E-state index is 0.291. The quantitative estimate of drug-likeness (QED) is 0.178. The van der Waals surface area contributed by atoms with Gasteiger partial charge in [0.25, 0.3) is 0 Å². The largest absolute Gasteiger partial charge is 0.491 e. The normalized spacial score (nSPS) is 16.7. The summed E-state index contributed by atoms with van der Waals surface area (Å²) in [6, 6.07) is 10.5. The second-order valence-corrected chi connectivity index (χ2v) is 14.5. The highest BCUT2D eigenvalue weighted by Gasteiger charge is 2.29. The van der Waals surface area contributed by atoms with Gasteiger partial charge in [0.05, 0.1) is 34.2 Å². The number of hydrogen-bond acceptors (Lipinski definition) is 7. The van der Waals surface area contributed by atoms with Gasteiger partial charge in [0.1, 0.15) is 11.4 Å². The molecule has 0 saturated carbocycles. The summed E-state index contributed by atoms with van der Waals surface area (Å²) in [5.41, 5.74) is 10.4. The van der Waals surface area contributed by atoms with Gasteiger partial charge in [-0.1, -0.05) is 17.7 Å². The summed E-state index contributed by atoms with van der Waals surface area (Å²) in [7, 11) is 3.85. The Labute approximate surface area is 288 Å². The van der Waals surface area contributed by atoms with Crippen molar-refractivity contribution in [3.63, 3.8) is 0 Å². The number of aryl methyl sites for hydroxylation is 5. The maximum atomic E-state index is 12.8. The smallest absolute Gasteiger partial charge is 0.352 e. The number of carboxylic acids is 1. The molecular weight excluding hydrogens is 646 g/mol. The van der Waals surface area contributed by atoms with Crippen LogP contribution in [0.15, 0.2) is 35.2 Å². The van der Waals surface area contributed by atoms with Crippen LogP contribution in [0.25, 0.3) is 22.0 Å². The van der Waals surface area contributed by atoms with E-state index in [2.05, 4.69) is 33.5 Å². The van der Waals surface area contributed by atoms with Crippen molar-refractivity contribution in [3.8, 4) is 16.9 Å². The molecule has 12 heteroatoms.